The summed E-state index contributed by atoms with van der Waals surface area (Å²) in [6.07, 6.45) is 0. The van der Waals surface area contributed by atoms with Crippen molar-refractivity contribution in [1.29, 1.82) is 0 Å². The summed E-state index contributed by atoms with van der Waals surface area (Å²) in [5, 5.41) is 1.91. The van der Waals surface area contributed by atoms with Gasteiger partial charge in [-0.25, -0.2) is 4.98 Å². The monoisotopic (exact) mass is 239 g/mol. The molecule has 0 saturated heterocycles. The quantitative estimate of drug-likeness (QED) is 0.657. The fourth-order valence-electron chi connectivity index (χ4n) is 1.64. The SMILES string of the molecule is Cc1nc2cc(Cl)c(C(C)(C)C)cc2s1. The first-order valence-corrected chi connectivity index (χ1v) is 6.14. The lowest BCUT2D eigenvalue weighted by molar-refractivity contribution is 0.591. The molecule has 1 heterocycles. The molecule has 0 aliphatic carbocycles. The van der Waals surface area contributed by atoms with Crippen molar-refractivity contribution in [3.63, 3.8) is 0 Å². The normalized spacial score (nSPS) is 12.3. The number of nitrogens with zero attached hydrogens (tertiary/aromatic N) is 1. The van der Waals surface area contributed by atoms with Crippen LogP contribution in [0, 0.1) is 6.92 Å². The lowest BCUT2D eigenvalue weighted by atomic mass is 9.87. The highest BCUT2D eigenvalue weighted by atomic mass is 35.5. The molecule has 1 aromatic heterocycles. The van der Waals surface area contributed by atoms with Crippen LogP contribution in [0.3, 0.4) is 0 Å². The summed E-state index contributed by atoms with van der Waals surface area (Å²) in [7, 11) is 0. The minimum atomic E-state index is 0.0865. The van der Waals surface area contributed by atoms with Gasteiger partial charge in [0, 0.05) is 5.02 Å². The molecule has 0 amide bonds. The summed E-state index contributed by atoms with van der Waals surface area (Å²) in [5.74, 6) is 0. The first-order valence-electron chi connectivity index (χ1n) is 4.95. The Hall–Kier alpha value is -0.600. The fraction of sp³-hybridized carbons (Fsp3) is 0.417. The van der Waals surface area contributed by atoms with Crippen molar-refractivity contribution in [3.8, 4) is 0 Å². The third-order valence-electron chi connectivity index (χ3n) is 2.39. The zero-order chi connectivity index (χ0) is 11.2. The molecule has 0 fully saturated rings. The summed E-state index contributed by atoms with van der Waals surface area (Å²) in [6, 6.07) is 4.14. The first kappa shape index (κ1) is 10.9. The molecular weight excluding hydrogens is 226 g/mol. The number of hydrogen-bond donors (Lipinski definition) is 0. The second-order valence-electron chi connectivity index (χ2n) is 4.78. The lowest BCUT2D eigenvalue weighted by Gasteiger charge is -2.20. The van der Waals surface area contributed by atoms with Gasteiger partial charge >= 0.3 is 0 Å². The average molecular weight is 240 g/mol. The topological polar surface area (TPSA) is 12.9 Å². The zero-order valence-electron chi connectivity index (χ0n) is 9.39. The van der Waals surface area contributed by atoms with Gasteiger partial charge in [-0.2, -0.15) is 0 Å². The Bertz CT molecular complexity index is 508. The van der Waals surface area contributed by atoms with Crippen LogP contribution in [-0.4, -0.2) is 4.98 Å². The number of fused-ring (bicyclic) bond motifs is 1. The van der Waals surface area contributed by atoms with Crippen LogP contribution in [0.2, 0.25) is 5.02 Å². The van der Waals surface area contributed by atoms with E-state index in [9.17, 15) is 0 Å². The second-order valence-corrected chi connectivity index (χ2v) is 6.42. The maximum Gasteiger partial charge on any atom is 0.0907 e. The summed E-state index contributed by atoms with van der Waals surface area (Å²) in [5.41, 5.74) is 2.29. The van der Waals surface area contributed by atoms with Crippen molar-refractivity contribution in [1.82, 2.24) is 4.98 Å². The van der Waals surface area contributed by atoms with Gasteiger partial charge < -0.3 is 0 Å². The van der Waals surface area contributed by atoms with Gasteiger partial charge in [-0.05, 0) is 30.0 Å². The number of aryl methyl sites for hydroxylation is 1. The van der Waals surface area contributed by atoms with E-state index in [0.717, 1.165) is 15.5 Å². The van der Waals surface area contributed by atoms with Gasteiger partial charge in [0.2, 0.25) is 0 Å². The number of benzene rings is 1. The van der Waals surface area contributed by atoms with Gasteiger partial charge in [0.1, 0.15) is 0 Å². The van der Waals surface area contributed by atoms with E-state index in [1.54, 1.807) is 11.3 Å². The highest BCUT2D eigenvalue weighted by Crippen LogP contribution is 2.34. The van der Waals surface area contributed by atoms with Gasteiger partial charge in [-0.3, -0.25) is 0 Å². The summed E-state index contributed by atoms with van der Waals surface area (Å²) in [6.45, 7) is 8.55. The van der Waals surface area contributed by atoms with Crippen molar-refractivity contribution < 1.29 is 0 Å². The molecule has 0 bridgehead atoms. The maximum atomic E-state index is 6.26. The predicted octanol–water partition coefficient (Wildman–Crippen LogP) is 4.56. The van der Waals surface area contributed by atoms with Gasteiger partial charge in [0.15, 0.2) is 0 Å². The molecule has 3 heteroatoms. The van der Waals surface area contributed by atoms with Gasteiger partial charge in [0.25, 0.3) is 0 Å². The van der Waals surface area contributed by atoms with E-state index >= 15 is 0 Å². The Labute approximate surface area is 99.1 Å². The van der Waals surface area contributed by atoms with E-state index in [-0.39, 0.29) is 5.41 Å². The van der Waals surface area contributed by atoms with Gasteiger partial charge in [0.05, 0.1) is 15.2 Å². The van der Waals surface area contributed by atoms with Crippen LogP contribution in [0.4, 0.5) is 0 Å². The third-order valence-corrected chi connectivity index (χ3v) is 3.64. The molecule has 0 atom stereocenters. The van der Waals surface area contributed by atoms with Crippen LogP contribution in [-0.2, 0) is 5.41 Å². The molecule has 0 radical (unpaired) electrons. The van der Waals surface area contributed by atoms with Crippen molar-refractivity contribution in [2.45, 2.75) is 33.1 Å². The molecule has 1 aromatic carbocycles. The summed E-state index contributed by atoms with van der Waals surface area (Å²) in [4.78, 5) is 4.43. The van der Waals surface area contributed by atoms with Crippen molar-refractivity contribution >= 4 is 33.2 Å². The summed E-state index contributed by atoms with van der Waals surface area (Å²) < 4.78 is 1.22. The first-order chi connectivity index (χ1) is 6.88. The molecule has 1 nitrogen and oxygen atoms in total. The van der Waals surface area contributed by atoms with Crippen LogP contribution >= 0.6 is 22.9 Å². The van der Waals surface area contributed by atoms with Crippen molar-refractivity contribution in [2.24, 2.45) is 0 Å². The standard InChI is InChI=1S/C12H14ClNS/c1-7-14-10-6-9(13)8(12(2,3)4)5-11(10)15-7/h5-6H,1-4H3. The molecule has 0 unspecified atom stereocenters. The van der Waals surface area contributed by atoms with Crippen molar-refractivity contribution in [2.75, 3.05) is 0 Å². The minimum absolute atomic E-state index is 0.0865. The molecular formula is C12H14ClNS. The number of rotatable bonds is 0. The molecule has 15 heavy (non-hydrogen) atoms. The number of hydrogen-bond acceptors (Lipinski definition) is 2. The lowest BCUT2D eigenvalue weighted by Crippen LogP contribution is -2.11. The van der Waals surface area contributed by atoms with Crippen LogP contribution in [0.1, 0.15) is 31.3 Å². The Morgan fingerprint density at radius 2 is 1.93 bits per heavy atom. The fourth-order valence-corrected chi connectivity index (χ4v) is 2.93. The van der Waals surface area contributed by atoms with E-state index in [4.69, 9.17) is 11.6 Å². The van der Waals surface area contributed by atoms with E-state index in [1.165, 1.54) is 10.3 Å². The van der Waals surface area contributed by atoms with Gasteiger partial charge in [-0.1, -0.05) is 32.4 Å². The Morgan fingerprint density at radius 1 is 1.27 bits per heavy atom. The second kappa shape index (κ2) is 3.46. The highest BCUT2D eigenvalue weighted by Gasteiger charge is 2.18. The smallest absolute Gasteiger partial charge is 0.0907 e. The molecule has 2 rings (SSSR count). The zero-order valence-corrected chi connectivity index (χ0v) is 11.0. The molecule has 0 saturated carbocycles. The Kier molecular flexibility index (Phi) is 2.52. The molecule has 0 aliphatic rings. The van der Waals surface area contributed by atoms with Crippen LogP contribution in [0.15, 0.2) is 12.1 Å². The average Bonchev–Trinajstić information content (AvgIpc) is 2.40. The van der Waals surface area contributed by atoms with E-state index in [2.05, 4.69) is 31.8 Å². The van der Waals surface area contributed by atoms with Gasteiger partial charge in [-0.15, -0.1) is 11.3 Å². The molecule has 2 aromatic rings. The molecule has 0 N–H and O–H groups in total. The van der Waals surface area contributed by atoms with E-state index in [1.807, 2.05) is 13.0 Å². The third kappa shape index (κ3) is 2.01. The summed E-state index contributed by atoms with van der Waals surface area (Å²) >= 11 is 7.98. The molecule has 80 valence electrons. The number of halogens is 1. The maximum absolute atomic E-state index is 6.26. The minimum Gasteiger partial charge on any atom is -0.241 e. The van der Waals surface area contributed by atoms with Crippen LogP contribution in [0.25, 0.3) is 10.2 Å². The Morgan fingerprint density at radius 3 is 2.53 bits per heavy atom. The molecule has 0 aliphatic heterocycles. The van der Waals surface area contributed by atoms with Crippen LogP contribution in [0.5, 0.6) is 0 Å². The largest absolute Gasteiger partial charge is 0.241 e. The number of aromatic nitrogens is 1. The number of thiazole rings is 1. The van der Waals surface area contributed by atoms with E-state index < -0.39 is 0 Å². The molecule has 0 spiro atoms. The highest BCUT2D eigenvalue weighted by molar-refractivity contribution is 7.18. The predicted molar refractivity (Wildman–Crippen MR) is 68.1 cm³/mol. The van der Waals surface area contributed by atoms with Crippen LogP contribution < -0.4 is 0 Å². The Balaban J connectivity index is 2.72. The van der Waals surface area contributed by atoms with E-state index in [0.29, 0.717) is 0 Å². The van der Waals surface area contributed by atoms with Crippen molar-refractivity contribution in [3.05, 3.63) is 27.7 Å².